The van der Waals surface area contributed by atoms with Crippen LogP contribution in [0.2, 0.25) is 5.02 Å². The average Bonchev–Trinajstić information content (AvgIpc) is 2.65. The number of hydrogen-bond donors (Lipinski definition) is 1. The lowest BCUT2D eigenvalue weighted by molar-refractivity contribution is -0.120. The van der Waals surface area contributed by atoms with Crippen LogP contribution < -0.4 is 14.8 Å². The summed E-state index contributed by atoms with van der Waals surface area (Å²) < 4.78 is 16.5. The van der Waals surface area contributed by atoms with E-state index in [-0.39, 0.29) is 12.3 Å². The fraction of sp³-hybridized carbons (Fsp3) is 0.350. The van der Waals surface area contributed by atoms with Crippen molar-refractivity contribution in [2.24, 2.45) is 0 Å². The van der Waals surface area contributed by atoms with Crippen LogP contribution in [0, 0.1) is 0 Å². The molecule has 5 nitrogen and oxygen atoms in total. The van der Waals surface area contributed by atoms with Gasteiger partial charge >= 0.3 is 0 Å². The van der Waals surface area contributed by atoms with Crippen LogP contribution in [0.15, 0.2) is 36.4 Å². The normalized spacial score (nSPS) is 12.7. The van der Waals surface area contributed by atoms with Crippen molar-refractivity contribution in [3.8, 4) is 11.5 Å². The minimum absolute atomic E-state index is 0.0797. The molecule has 0 bridgehead atoms. The zero-order valence-electron chi connectivity index (χ0n) is 14.7. The molecule has 0 spiro atoms. The molecule has 1 N–H and O–H groups in total. The first-order valence-electron chi connectivity index (χ1n) is 8.66. The second-order valence-corrected chi connectivity index (χ2v) is 6.37. The lowest BCUT2D eigenvalue weighted by atomic mass is 10.1. The van der Waals surface area contributed by atoms with Crippen molar-refractivity contribution >= 4 is 17.5 Å². The number of halogens is 1. The molecular formula is C20H22ClNO4. The van der Waals surface area contributed by atoms with Crippen LogP contribution in [0.1, 0.15) is 23.6 Å². The summed E-state index contributed by atoms with van der Waals surface area (Å²) in [4.78, 5) is 12.3. The Labute approximate surface area is 158 Å². The Morgan fingerprint density at radius 2 is 1.96 bits per heavy atom. The smallest absolute Gasteiger partial charge is 0.224 e. The Morgan fingerprint density at radius 1 is 1.19 bits per heavy atom. The highest BCUT2D eigenvalue weighted by Crippen LogP contribution is 2.38. The Balaban J connectivity index is 1.61. The molecule has 1 aliphatic heterocycles. The van der Waals surface area contributed by atoms with Gasteiger partial charge in [-0.1, -0.05) is 35.9 Å². The molecule has 26 heavy (non-hydrogen) atoms. The summed E-state index contributed by atoms with van der Waals surface area (Å²) in [5.41, 5.74) is 2.92. The minimum Gasteiger partial charge on any atom is -0.486 e. The van der Waals surface area contributed by atoms with Crippen LogP contribution in [0.3, 0.4) is 0 Å². The van der Waals surface area contributed by atoms with Gasteiger partial charge in [0.15, 0.2) is 11.5 Å². The molecule has 2 aromatic rings. The number of carbonyl (C=O) groups is 1. The van der Waals surface area contributed by atoms with Gasteiger partial charge in [0.25, 0.3) is 0 Å². The number of fused-ring (bicyclic) bond motifs is 1. The van der Waals surface area contributed by atoms with Crippen molar-refractivity contribution in [1.29, 1.82) is 0 Å². The first-order valence-corrected chi connectivity index (χ1v) is 9.04. The van der Waals surface area contributed by atoms with E-state index in [4.69, 9.17) is 25.8 Å². The largest absolute Gasteiger partial charge is 0.486 e. The molecular weight excluding hydrogens is 354 g/mol. The molecule has 0 radical (unpaired) electrons. The van der Waals surface area contributed by atoms with E-state index < -0.39 is 0 Å². The molecule has 1 aliphatic rings. The minimum atomic E-state index is -0.0797. The number of benzene rings is 2. The SMILES string of the molecule is CCOCc1ccccc1CNC(=O)Cc1cc(Cl)c2c(c1)OCCO2. The van der Waals surface area contributed by atoms with Gasteiger partial charge in [0.2, 0.25) is 5.91 Å². The van der Waals surface area contributed by atoms with E-state index in [0.29, 0.717) is 49.5 Å². The molecule has 3 rings (SSSR count). The molecule has 1 heterocycles. The summed E-state index contributed by atoms with van der Waals surface area (Å²) >= 11 is 6.22. The number of amides is 1. The second kappa shape index (κ2) is 8.92. The van der Waals surface area contributed by atoms with Gasteiger partial charge in [-0.15, -0.1) is 0 Å². The van der Waals surface area contributed by atoms with Crippen LogP contribution >= 0.6 is 11.6 Å². The third-order valence-corrected chi connectivity index (χ3v) is 4.36. The summed E-state index contributed by atoms with van der Waals surface area (Å²) in [7, 11) is 0. The van der Waals surface area contributed by atoms with E-state index in [1.54, 1.807) is 6.07 Å². The molecule has 0 fully saturated rings. The number of nitrogens with one attached hydrogen (secondary N) is 1. The van der Waals surface area contributed by atoms with Gasteiger partial charge in [0.1, 0.15) is 13.2 Å². The summed E-state index contributed by atoms with van der Waals surface area (Å²) in [6, 6.07) is 11.5. The van der Waals surface area contributed by atoms with Crippen LogP contribution in [-0.4, -0.2) is 25.7 Å². The molecule has 1 amide bonds. The third kappa shape index (κ3) is 4.68. The monoisotopic (exact) mass is 375 g/mol. The highest BCUT2D eigenvalue weighted by atomic mass is 35.5. The molecule has 138 valence electrons. The molecule has 0 unspecified atom stereocenters. The Bertz CT molecular complexity index is 778. The maximum absolute atomic E-state index is 12.3. The fourth-order valence-electron chi connectivity index (χ4n) is 2.79. The van der Waals surface area contributed by atoms with Crippen molar-refractivity contribution < 1.29 is 19.0 Å². The van der Waals surface area contributed by atoms with Crippen molar-refractivity contribution in [3.05, 3.63) is 58.1 Å². The maximum atomic E-state index is 12.3. The summed E-state index contributed by atoms with van der Waals surface area (Å²) in [6.45, 7) is 4.58. The number of ether oxygens (including phenoxy) is 3. The topological polar surface area (TPSA) is 56.8 Å². The van der Waals surface area contributed by atoms with Gasteiger partial charge < -0.3 is 19.5 Å². The first-order chi connectivity index (χ1) is 12.7. The summed E-state index contributed by atoms with van der Waals surface area (Å²) in [5, 5.41) is 3.42. The Hall–Kier alpha value is -2.24. The lowest BCUT2D eigenvalue weighted by Gasteiger charge is -2.20. The van der Waals surface area contributed by atoms with Crippen molar-refractivity contribution in [1.82, 2.24) is 5.32 Å². The van der Waals surface area contributed by atoms with Crippen LogP contribution in [0.25, 0.3) is 0 Å². The molecule has 0 atom stereocenters. The zero-order valence-corrected chi connectivity index (χ0v) is 15.5. The third-order valence-electron chi connectivity index (χ3n) is 4.08. The van der Waals surface area contributed by atoms with Gasteiger partial charge in [-0.3, -0.25) is 4.79 Å². The van der Waals surface area contributed by atoms with Gasteiger partial charge in [-0.25, -0.2) is 0 Å². The fourth-order valence-corrected chi connectivity index (χ4v) is 3.08. The van der Waals surface area contributed by atoms with E-state index in [2.05, 4.69) is 5.32 Å². The Kier molecular flexibility index (Phi) is 6.36. The predicted molar refractivity (Wildman–Crippen MR) is 99.8 cm³/mol. The van der Waals surface area contributed by atoms with Crippen LogP contribution in [0.4, 0.5) is 0 Å². The average molecular weight is 376 g/mol. The van der Waals surface area contributed by atoms with Gasteiger partial charge in [-0.2, -0.15) is 0 Å². The van der Waals surface area contributed by atoms with Gasteiger partial charge in [0.05, 0.1) is 18.1 Å². The molecule has 0 aliphatic carbocycles. The first kappa shape index (κ1) is 18.5. The molecule has 2 aromatic carbocycles. The van der Waals surface area contributed by atoms with E-state index >= 15 is 0 Å². The van der Waals surface area contributed by atoms with Crippen molar-refractivity contribution in [2.45, 2.75) is 26.5 Å². The highest BCUT2D eigenvalue weighted by Gasteiger charge is 2.17. The summed E-state index contributed by atoms with van der Waals surface area (Å²) in [5.74, 6) is 1.06. The maximum Gasteiger partial charge on any atom is 0.224 e. The van der Waals surface area contributed by atoms with Crippen LogP contribution in [-0.2, 0) is 29.1 Å². The number of carbonyl (C=O) groups excluding carboxylic acids is 1. The second-order valence-electron chi connectivity index (χ2n) is 5.96. The van der Waals surface area contributed by atoms with E-state index in [1.807, 2.05) is 37.3 Å². The van der Waals surface area contributed by atoms with Crippen LogP contribution in [0.5, 0.6) is 11.5 Å². The van der Waals surface area contributed by atoms with E-state index in [0.717, 1.165) is 16.7 Å². The highest BCUT2D eigenvalue weighted by molar-refractivity contribution is 6.32. The van der Waals surface area contributed by atoms with E-state index in [9.17, 15) is 4.79 Å². The van der Waals surface area contributed by atoms with Gasteiger partial charge in [0, 0.05) is 13.2 Å². The zero-order chi connectivity index (χ0) is 18.4. The summed E-state index contributed by atoms with van der Waals surface area (Å²) in [6.07, 6.45) is 0.226. The van der Waals surface area contributed by atoms with Crippen molar-refractivity contribution in [2.75, 3.05) is 19.8 Å². The number of rotatable bonds is 7. The number of hydrogen-bond acceptors (Lipinski definition) is 4. The van der Waals surface area contributed by atoms with Gasteiger partial charge in [-0.05, 0) is 35.7 Å². The molecule has 6 heteroatoms. The van der Waals surface area contributed by atoms with E-state index in [1.165, 1.54) is 0 Å². The Morgan fingerprint density at radius 3 is 2.77 bits per heavy atom. The predicted octanol–water partition coefficient (Wildman–Crippen LogP) is 3.51. The van der Waals surface area contributed by atoms with Crippen molar-refractivity contribution in [3.63, 3.8) is 0 Å². The molecule has 0 aromatic heterocycles. The lowest BCUT2D eigenvalue weighted by Crippen LogP contribution is -2.25. The quantitative estimate of drug-likeness (QED) is 0.804. The molecule has 0 saturated heterocycles. The molecule has 0 saturated carbocycles. The standard InChI is InChI=1S/C20H22ClNO4/c1-2-24-13-16-6-4-3-5-15(16)12-22-19(23)11-14-9-17(21)20-18(10-14)25-7-8-26-20/h3-6,9-10H,2,7-8,11-13H2,1H3,(H,22,23).